The molecule has 0 radical (unpaired) electrons. The summed E-state index contributed by atoms with van der Waals surface area (Å²) in [5.74, 6) is 0.108. The first kappa shape index (κ1) is 25.7. The molecule has 1 heterocycles. The Labute approximate surface area is 224 Å². The summed E-state index contributed by atoms with van der Waals surface area (Å²) >= 11 is 11.0. The molecule has 4 rings (SSSR count). The third-order valence-electron chi connectivity index (χ3n) is 5.01. The molecule has 36 heavy (non-hydrogen) atoms. The molecule has 0 fully saturated rings. The third kappa shape index (κ3) is 5.87. The predicted molar refractivity (Wildman–Crippen MR) is 145 cm³/mol. The van der Waals surface area contributed by atoms with Gasteiger partial charge >= 0.3 is 5.97 Å². The highest BCUT2D eigenvalue weighted by atomic mass is 79.9. The topological polar surface area (TPSA) is 86.2 Å². The number of halogens is 2. The molecule has 7 nitrogen and oxygen atoms in total. The molecule has 1 N–H and O–H groups in total. The molecule has 4 aromatic rings. The minimum absolute atomic E-state index is 0.229. The molecular formula is C26H20BrClN2O5S. The number of hydrogen-bond acceptors (Lipinski definition) is 7. The zero-order valence-corrected chi connectivity index (χ0v) is 22.3. The number of carbonyl (C=O) groups excluding carboxylic acids is 2. The van der Waals surface area contributed by atoms with E-state index in [0.717, 1.165) is 14.6 Å². The second-order valence-corrected chi connectivity index (χ2v) is 9.75. The van der Waals surface area contributed by atoms with Gasteiger partial charge < -0.3 is 14.2 Å². The number of ether oxygens (including phenoxy) is 3. The van der Waals surface area contributed by atoms with Crippen molar-refractivity contribution in [2.75, 3.05) is 7.11 Å². The maximum Gasteiger partial charge on any atom is 0.355 e. The summed E-state index contributed by atoms with van der Waals surface area (Å²) in [5, 5.41) is 5.14. The first-order valence-corrected chi connectivity index (χ1v) is 12.7. The van der Waals surface area contributed by atoms with Crippen LogP contribution in [0.1, 0.15) is 22.2 Å². The number of hydrogen-bond donors (Lipinski definition) is 1. The number of nitrogens with zero attached hydrogens (tertiary/aromatic N) is 1. The van der Waals surface area contributed by atoms with Crippen LogP contribution in [0.5, 0.6) is 17.2 Å². The monoisotopic (exact) mass is 586 g/mol. The van der Waals surface area contributed by atoms with Crippen molar-refractivity contribution in [3.8, 4) is 17.2 Å². The van der Waals surface area contributed by atoms with Crippen LogP contribution in [-0.4, -0.2) is 31.3 Å². The number of benzene rings is 3. The minimum Gasteiger partial charge on any atom is -0.493 e. The first-order valence-electron chi connectivity index (χ1n) is 10.7. The fraction of sp³-hybridized carbons (Fsp3) is 0.115. The van der Waals surface area contributed by atoms with Gasteiger partial charge in [0.15, 0.2) is 17.6 Å². The molecule has 0 aliphatic heterocycles. The maximum absolute atomic E-state index is 12.8. The predicted octanol–water partition coefficient (Wildman–Crippen LogP) is 6.46. The van der Waals surface area contributed by atoms with E-state index in [9.17, 15) is 9.59 Å². The van der Waals surface area contributed by atoms with E-state index >= 15 is 0 Å². The SMILES string of the molecule is COc1cc(/C=N\NC(=O)[C@@H](C)Oc2ccccc2Br)ccc1OC(=O)c1sc2ccccc2c1Cl. The van der Waals surface area contributed by atoms with Gasteiger partial charge in [-0.2, -0.15) is 5.10 Å². The van der Waals surface area contributed by atoms with E-state index in [1.54, 1.807) is 31.2 Å². The Morgan fingerprint density at radius 2 is 1.81 bits per heavy atom. The van der Waals surface area contributed by atoms with Crippen molar-refractivity contribution in [3.05, 3.63) is 86.7 Å². The Hall–Kier alpha value is -3.40. The second-order valence-electron chi connectivity index (χ2n) is 7.47. The largest absolute Gasteiger partial charge is 0.493 e. The van der Waals surface area contributed by atoms with Gasteiger partial charge in [0.2, 0.25) is 0 Å². The Morgan fingerprint density at radius 3 is 2.56 bits per heavy atom. The van der Waals surface area contributed by atoms with E-state index < -0.39 is 18.0 Å². The minimum atomic E-state index is -0.766. The number of fused-ring (bicyclic) bond motifs is 1. The molecule has 184 valence electrons. The third-order valence-corrected chi connectivity index (χ3v) is 7.32. The lowest BCUT2D eigenvalue weighted by atomic mass is 10.2. The summed E-state index contributed by atoms with van der Waals surface area (Å²) in [6, 6.07) is 19.6. The number of rotatable bonds is 8. The van der Waals surface area contributed by atoms with Crippen LogP contribution in [0.15, 0.2) is 76.3 Å². The van der Waals surface area contributed by atoms with Crippen molar-refractivity contribution in [3.63, 3.8) is 0 Å². The summed E-state index contributed by atoms with van der Waals surface area (Å²) in [6.07, 6.45) is 0.679. The molecule has 3 aromatic carbocycles. The fourth-order valence-electron chi connectivity index (χ4n) is 3.19. The average Bonchev–Trinajstić information content (AvgIpc) is 3.22. The number of amides is 1. The number of carbonyl (C=O) groups is 2. The van der Waals surface area contributed by atoms with Crippen LogP contribution >= 0.6 is 38.9 Å². The van der Waals surface area contributed by atoms with E-state index in [1.807, 2.05) is 42.5 Å². The number of hydrazone groups is 1. The van der Waals surface area contributed by atoms with Crippen LogP contribution in [0.4, 0.5) is 0 Å². The molecule has 0 unspecified atom stereocenters. The summed E-state index contributed by atoms with van der Waals surface area (Å²) < 4.78 is 18.2. The van der Waals surface area contributed by atoms with Gasteiger partial charge in [-0.05, 0) is 64.8 Å². The van der Waals surface area contributed by atoms with Crippen LogP contribution in [0.25, 0.3) is 10.1 Å². The number of thiophene rings is 1. The van der Waals surface area contributed by atoms with E-state index in [2.05, 4.69) is 26.5 Å². The van der Waals surface area contributed by atoms with Crippen LogP contribution < -0.4 is 19.6 Å². The van der Waals surface area contributed by atoms with Gasteiger partial charge in [0.05, 0.1) is 22.8 Å². The molecule has 10 heteroatoms. The second kappa shape index (κ2) is 11.6. The maximum atomic E-state index is 12.8. The highest BCUT2D eigenvalue weighted by molar-refractivity contribution is 9.10. The Balaban J connectivity index is 1.40. The summed E-state index contributed by atoms with van der Waals surface area (Å²) in [7, 11) is 1.46. The van der Waals surface area contributed by atoms with Crippen molar-refractivity contribution < 1.29 is 23.8 Å². The highest BCUT2D eigenvalue weighted by Crippen LogP contribution is 2.37. The molecule has 0 spiro atoms. The number of nitrogens with one attached hydrogen (secondary N) is 1. The summed E-state index contributed by atoms with van der Waals surface area (Å²) in [6.45, 7) is 1.62. The quantitative estimate of drug-likeness (QED) is 0.111. The van der Waals surface area contributed by atoms with Gasteiger partial charge in [0.1, 0.15) is 10.6 Å². The number of para-hydroxylation sites is 1. The highest BCUT2D eigenvalue weighted by Gasteiger charge is 2.20. The zero-order valence-electron chi connectivity index (χ0n) is 19.2. The Morgan fingerprint density at radius 1 is 1.06 bits per heavy atom. The zero-order chi connectivity index (χ0) is 25.7. The number of esters is 1. The lowest BCUT2D eigenvalue weighted by molar-refractivity contribution is -0.127. The molecular weight excluding hydrogens is 568 g/mol. The average molecular weight is 588 g/mol. The Bertz CT molecular complexity index is 1460. The smallest absolute Gasteiger partial charge is 0.355 e. The molecule has 0 bridgehead atoms. The van der Waals surface area contributed by atoms with Crippen molar-refractivity contribution in [2.45, 2.75) is 13.0 Å². The van der Waals surface area contributed by atoms with Crippen LogP contribution in [0, 0.1) is 0 Å². The molecule has 1 amide bonds. The Kier molecular flexibility index (Phi) is 8.25. The fourth-order valence-corrected chi connectivity index (χ4v) is 4.95. The normalized spacial score (nSPS) is 11.9. The van der Waals surface area contributed by atoms with Gasteiger partial charge in [-0.1, -0.05) is 41.9 Å². The molecule has 0 saturated heterocycles. The number of methoxy groups -OCH3 is 1. The van der Waals surface area contributed by atoms with Crippen LogP contribution in [0.2, 0.25) is 5.02 Å². The van der Waals surface area contributed by atoms with E-state index in [1.165, 1.54) is 24.7 Å². The van der Waals surface area contributed by atoms with Crippen LogP contribution in [-0.2, 0) is 4.79 Å². The summed E-state index contributed by atoms with van der Waals surface area (Å²) in [5.41, 5.74) is 3.06. The van der Waals surface area contributed by atoms with Crippen molar-refractivity contribution in [1.29, 1.82) is 0 Å². The van der Waals surface area contributed by atoms with E-state index in [4.69, 9.17) is 25.8 Å². The molecule has 0 aliphatic carbocycles. The van der Waals surface area contributed by atoms with Gasteiger partial charge in [0, 0.05) is 10.1 Å². The van der Waals surface area contributed by atoms with Gasteiger partial charge in [-0.25, -0.2) is 10.2 Å². The first-order chi connectivity index (χ1) is 17.4. The van der Waals surface area contributed by atoms with E-state index in [-0.39, 0.29) is 5.75 Å². The molecule has 0 aliphatic rings. The van der Waals surface area contributed by atoms with E-state index in [0.29, 0.717) is 27.0 Å². The van der Waals surface area contributed by atoms with Crippen molar-refractivity contribution in [1.82, 2.24) is 5.43 Å². The lowest BCUT2D eigenvalue weighted by Gasteiger charge is -2.14. The lowest BCUT2D eigenvalue weighted by Crippen LogP contribution is -2.33. The van der Waals surface area contributed by atoms with Crippen LogP contribution in [0.3, 0.4) is 0 Å². The molecule has 1 atom stereocenters. The molecule has 0 saturated carbocycles. The summed E-state index contributed by atoms with van der Waals surface area (Å²) in [4.78, 5) is 25.4. The standard InChI is InChI=1S/C26H20BrClN2O5S/c1-15(34-19-9-5-4-8-18(19)27)25(31)30-29-14-16-11-12-20(21(13-16)33-2)35-26(32)24-23(28)17-7-3-6-10-22(17)36-24/h3-15H,1-2H3,(H,30,31)/b29-14-/t15-/m1/s1. The van der Waals surface area contributed by atoms with Gasteiger partial charge in [-0.15, -0.1) is 11.3 Å². The van der Waals surface area contributed by atoms with Crippen molar-refractivity contribution >= 4 is 67.0 Å². The van der Waals surface area contributed by atoms with Gasteiger partial charge in [-0.3, -0.25) is 4.79 Å². The molecule has 1 aromatic heterocycles. The van der Waals surface area contributed by atoms with Gasteiger partial charge in [0.25, 0.3) is 5.91 Å². The van der Waals surface area contributed by atoms with Crippen molar-refractivity contribution in [2.24, 2.45) is 5.10 Å².